The summed E-state index contributed by atoms with van der Waals surface area (Å²) in [5.41, 5.74) is 15.8. The Hall–Kier alpha value is -2.97. The third kappa shape index (κ3) is 11.4. The number of aliphatic hydroxyl groups excluding tert-OH is 2. The Bertz CT molecular complexity index is 668. The molecule has 0 spiro atoms. The van der Waals surface area contributed by atoms with Crippen molar-refractivity contribution in [2.75, 3.05) is 19.8 Å². The van der Waals surface area contributed by atoms with E-state index in [-0.39, 0.29) is 31.3 Å². The van der Waals surface area contributed by atoms with E-state index in [4.69, 9.17) is 22.3 Å². The van der Waals surface area contributed by atoms with Crippen molar-refractivity contribution in [2.45, 2.75) is 57.3 Å². The summed E-state index contributed by atoms with van der Waals surface area (Å²) in [6, 6.07) is -5.07. The molecule has 0 radical (unpaired) electrons. The third-order valence-corrected chi connectivity index (χ3v) is 4.25. The van der Waals surface area contributed by atoms with Crippen LogP contribution in [0.3, 0.4) is 0 Å². The number of rotatable bonds is 15. The Kier molecular flexibility index (Phi) is 13.5. The molecule has 0 fully saturated rings. The number of hydrogen-bond acceptors (Lipinski definition) is 8. The van der Waals surface area contributed by atoms with Crippen LogP contribution in [0.4, 0.5) is 0 Å². The molecule has 14 nitrogen and oxygen atoms in total. The van der Waals surface area contributed by atoms with Gasteiger partial charge in [-0.2, -0.15) is 0 Å². The van der Waals surface area contributed by atoms with Crippen molar-refractivity contribution in [3.05, 3.63) is 0 Å². The number of aliphatic carboxylic acids is 1. The summed E-state index contributed by atoms with van der Waals surface area (Å²) in [4.78, 5) is 52.2. The Morgan fingerprint density at radius 1 is 0.875 bits per heavy atom. The van der Waals surface area contributed by atoms with Gasteiger partial charge in [-0.25, -0.2) is 4.79 Å². The van der Waals surface area contributed by atoms with Crippen LogP contribution in [0.1, 0.15) is 33.1 Å². The highest BCUT2D eigenvalue weighted by molar-refractivity contribution is 5.94. The number of hydrogen-bond donors (Lipinski definition) is 9. The maximum Gasteiger partial charge on any atom is 0.326 e. The monoisotopic (exact) mass is 461 g/mol. The zero-order valence-corrected chi connectivity index (χ0v) is 18.3. The fraction of sp³-hybridized carbons (Fsp3) is 0.722. The van der Waals surface area contributed by atoms with Gasteiger partial charge >= 0.3 is 5.97 Å². The molecule has 0 aromatic rings. The first-order valence-corrected chi connectivity index (χ1v) is 10.1. The van der Waals surface area contributed by atoms with Gasteiger partial charge in [0.2, 0.25) is 17.7 Å². The van der Waals surface area contributed by atoms with Gasteiger partial charge in [0.15, 0.2) is 5.96 Å². The highest BCUT2D eigenvalue weighted by Gasteiger charge is 2.30. The Morgan fingerprint density at radius 3 is 1.88 bits per heavy atom. The van der Waals surface area contributed by atoms with Gasteiger partial charge < -0.3 is 48.5 Å². The van der Waals surface area contributed by atoms with Crippen LogP contribution in [0.25, 0.3) is 0 Å². The largest absolute Gasteiger partial charge is 0.480 e. The second-order valence-corrected chi connectivity index (χ2v) is 7.57. The predicted molar refractivity (Wildman–Crippen MR) is 115 cm³/mol. The first-order valence-electron chi connectivity index (χ1n) is 10.1. The minimum Gasteiger partial charge on any atom is -0.480 e. The van der Waals surface area contributed by atoms with E-state index in [2.05, 4.69) is 20.9 Å². The van der Waals surface area contributed by atoms with E-state index >= 15 is 0 Å². The number of carboxylic acid groups (broad SMARTS) is 1. The van der Waals surface area contributed by atoms with E-state index in [1.165, 1.54) is 0 Å². The second kappa shape index (κ2) is 14.9. The zero-order valence-electron chi connectivity index (χ0n) is 18.3. The number of nitrogens with two attached hydrogens (primary N) is 3. The SMILES string of the molecule is CC(C)CC(NC(=O)C(CO)NC(=O)C(N)CO)C(=O)NC(CCCN=C(N)N)C(=O)O. The molecular formula is C18H35N7O7. The van der Waals surface area contributed by atoms with Crippen molar-refractivity contribution >= 4 is 29.7 Å². The van der Waals surface area contributed by atoms with Gasteiger partial charge in [-0.15, -0.1) is 0 Å². The molecule has 0 aromatic carbocycles. The molecule has 0 aliphatic rings. The highest BCUT2D eigenvalue weighted by Crippen LogP contribution is 2.07. The van der Waals surface area contributed by atoms with Gasteiger partial charge in [0.05, 0.1) is 13.2 Å². The molecule has 0 rings (SSSR count). The normalized spacial score (nSPS) is 14.6. The van der Waals surface area contributed by atoms with Crippen molar-refractivity contribution in [3.8, 4) is 0 Å². The summed E-state index contributed by atoms with van der Waals surface area (Å²) in [5, 5.41) is 34.7. The Morgan fingerprint density at radius 2 is 1.41 bits per heavy atom. The molecule has 12 N–H and O–H groups in total. The summed E-state index contributed by atoms with van der Waals surface area (Å²) in [7, 11) is 0. The van der Waals surface area contributed by atoms with Gasteiger partial charge in [0, 0.05) is 6.54 Å². The lowest BCUT2D eigenvalue weighted by Gasteiger charge is -2.25. The Balaban J connectivity index is 5.21. The molecule has 4 unspecified atom stereocenters. The molecule has 0 aromatic heterocycles. The number of carboxylic acids is 1. The number of aliphatic hydroxyl groups is 2. The maximum atomic E-state index is 12.7. The topological polar surface area (TPSA) is 255 Å². The first-order chi connectivity index (χ1) is 14.9. The second-order valence-electron chi connectivity index (χ2n) is 7.57. The molecule has 184 valence electrons. The quantitative estimate of drug-likeness (QED) is 0.0647. The summed E-state index contributed by atoms with van der Waals surface area (Å²) < 4.78 is 0. The number of aliphatic imine (C=N–C) groups is 1. The molecule has 0 saturated heterocycles. The predicted octanol–water partition coefficient (Wildman–Crippen LogP) is -4.06. The number of guanidine groups is 1. The molecule has 0 aliphatic carbocycles. The van der Waals surface area contributed by atoms with E-state index in [9.17, 15) is 29.4 Å². The van der Waals surface area contributed by atoms with Crippen LogP contribution in [0.2, 0.25) is 0 Å². The minimum absolute atomic E-state index is 0.0502. The summed E-state index contributed by atoms with van der Waals surface area (Å²) in [6.45, 7) is 2.32. The smallest absolute Gasteiger partial charge is 0.326 e. The van der Waals surface area contributed by atoms with Crippen LogP contribution in [0.5, 0.6) is 0 Å². The van der Waals surface area contributed by atoms with E-state index in [1.54, 1.807) is 13.8 Å². The lowest BCUT2D eigenvalue weighted by molar-refractivity contribution is -0.142. The molecule has 4 atom stereocenters. The van der Waals surface area contributed by atoms with Gasteiger partial charge in [0.25, 0.3) is 0 Å². The number of carbonyl (C=O) groups is 4. The average Bonchev–Trinajstić information content (AvgIpc) is 2.71. The van der Waals surface area contributed by atoms with Crippen molar-refractivity contribution in [1.29, 1.82) is 0 Å². The van der Waals surface area contributed by atoms with Gasteiger partial charge in [0.1, 0.15) is 24.2 Å². The van der Waals surface area contributed by atoms with Gasteiger partial charge in [-0.1, -0.05) is 13.8 Å². The van der Waals surface area contributed by atoms with E-state index in [1.807, 2.05) is 0 Å². The first kappa shape index (κ1) is 29.0. The van der Waals surface area contributed by atoms with Crippen LogP contribution in [0, 0.1) is 5.92 Å². The van der Waals surface area contributed by atoms with E-state index < -0.39 is 61.1 Å². The zero-order chi connectivity index (χ0) is 24.8. The van der Waals surface area contributed by atoms with Crippen LogP contribution in [0.15, 0.2) is 4.99 Å². The molecule has 3 amide bonds. The molecule has 0 heterocycles. The molecular weight excluding hydrogens is 426 g/mol. The summed E-state index contributed by atoms with van der Waals surface area (Å²) >= 11 is 0. The van der Waals surface area contributed by atoms with Crippen LogP contribution < -0.4 is 33.2 Å². The average molecular weight is 462 g/mol. The standard InChI is InChI=1S/C18H35N7O7/c1-9(2)6-12(24-16(30)13(8-27)25-14(28)10(19)7-26)15(29)23-11(17(31)32)4-3-5-22-18(20)21/h9-13,26-27H,3-8,19H2,1-2H3,(H,23,29)(H,24,30)(H,25,28)(H,31,32)(H4,20,21,22). The number of amides is 3. The maximum absolute atomic E-state index is 12.7. The number of carbonyl (C=O) groups excluding carboxylic acids is 3. The van der Waals surface area contributed by atoms with E-state index in [0.717, 1.165) is 0 Å². The van der Waals surface area contributed by atoms with E-state index in [0.29, 0.717) is 6.42 Å². The van der Waals surface area contributed by atoms with Crippen LogP contribution in [-0.4, -0.2) is 88.9 Å². The van der Waals surface area contributed by atoms with Crippen molar-refractivity contribution in [1.82, 2.24) is 16.0 Å². The highest BCUT2D eigenvalue weighted by atomic mass is 16.4. The fourth-order valence-corrected chi connectivity index (χ4v) is 2.56. The molecule has 0 saturated carbocycles. The van der Waals surface area contributed by atoms with Crippen LogP contribution >= 0.6 is 0 Å². The molecule has 14 heteroatoms. The molecule has 0 bridgehead atoms. The minimum atomic E-state index is -1.42. The lowest BCUT2D eigenvalue weighted by Crippen LogP contribution is -2.58. The fourth-order valence-electron chi connectivity index (χ4n) is 2.56. The Labute approximate surface area is 186 Å². The molecule has 0 aliphatic heterocycles. The summed E-state index contributed by atoms with van der Waals surface area (Å²) in [5.74, 6) is -3.93. The summed E-state index contributed by atoms with van der Waals surface area (Å²) in [6.07, 6.45) is 0.509. The van der Waals surface area contributed by atoms with Crippen LogP contribution in [-0.2, 0) is 19.2 Å². The van der Waals surface area contributed by atoms with Crippen molar-refractivity contribution in [2.24, 2.45) is 28.1 Å². The van der Waals surface area contributed by atoms with Gasteiger partial charge in [-0.3, -0.25) is 19.4 Å². The number of nitrogens with zero attached hydrogens (tertiary/aromatic N) is 1. The van der Waals surface area contributed by atoms with Crippen molar-refractivity contribution < 1.29 is 34.5 Å². The third-order valence-electron chi connectivity index (χ3n) is 4.25. The van der Waals surface area contributed by atoms with Crippen molar-refractivity contribution in [3.63, 3.8) is 0 Å². The number of nitrogens with one attached hydrogen (secondary N) is 3. The van der Waals surface area contributed by atoms with Gasteiger partial charge in [-0.05, 0) is 25.2 Å². The lowest BCUT2D eigenvalue weighted by atomic mass is 10.0. The molecule has 32 heavy (non-hydrogen) atoms.